The lowest BCUT2D eigenvalue weighted by Crippen LogP contribution is -2.35. The third-order valence-electron chi connectivity index (χ3n) is 1.14. The van der Waals surface area contributed by atoms with Gasteiger partial charge < -0.3 is 8.85 Å². The molecule has 0 N–H and O–H groups in total. The highest BCUT2D eigenvalue weighted by atomic mass is 28.4. The minimum atomic E-state index is -2.18. The summed E-state index contributed by atoms with van der Waals surface area (Å²) in [4.78, 5) is 10.9. The Kier molecular flexibility index (Phi) is 4.06. The van der Waals surface area contributed by atoms with Gasteiger partial charge in [-0.2, -0.15) is 0 Å². The second-order valence-electron chi connectivity index (χ2n) is 2.53. The van der Waals surface area contributed by atoms with E-state index in [9.17, 15) is 4.79 Å². The molecule has 0 bridgehead atoms. The van der Waals surface area contributed by atoms with Gasteiger partial charge in [0.25, 0.3) is 0 Å². The first kappa shape index (κ1) is 10.4. The summed E-state index contributed by atoms with van der Waals surface area (Å²) >= 11 is 0. The number of hydrogen-bond donors (Lipinski definition) is 0. The lowest BCUT2D eigenvalue weighted by atomic mass is 10.5. The Balaban J connectivity index is 3.93. The van der Waals surface area contributed by atoms with Crippen molar-refractivity contribution in [3.8, 4) is 0 Å². The van der Waals surface area contributed by atoms with Crippen molar-refractivity contribution in [1.82, 2.24) is 0 Å². The van der Waals surface area contributed by atoms with Crippen LogP contribution < -0.4 is 0 Å². The quantitative estimate of drug-likeness (QED) is 0.480. The van der Waals surface area contributed by atoms with Gasteiger partial charge in [-0.1, -0.05) is 6.08 Å². The first-order valence-electron chi connectivity index (χ1n) is 3.42. The van der Waals surface area contributed by atoms with Gasteiger partial charge in [0.1, 0.15) is 0 Å². The Bertz CT molecular complexity index is 163. The highest BCUT2D eigenvalue weighted by Crippen LogP contribution is 2.04. The summed E-state index contributed by atoms with van der Waals surface area (Å²) in [6, 6.07) is 0. The Labute approximate surface area is 68.3 Å². The van der Waals surface area contributed by atoms with Crippen molar-refractivity contribution in [3.05, 3.63) is 12.2 Å². The second-order valence-corrected chi connectivity index (χ2v) is 5.94. The van der Waals surface area contributed by atoms with E-state index in [0.29, 0.717) is 0 Å². The smallest absolute Gasteiger partial charge is 0.395 e. The molecule has 0 aliphatic heterocycles. The van der Waals surface area contributed by atoms with Gasteiger partial charge in [-0.15, -0.1) is 0 Å². The first-order chi connectivity index (χ1) is 5.02. The van der Waals surface area contributed by atoms with Crippen LogP contribution in [-0.2, 0) is 13.6 Å². The molecular weight excluding hydrogens is 160 g/mol. The molecule has 0 radical (unpaired) electrons. The molecule has 0 aliphatic carbocycles. The molecule has 11 heavy (non-hydrogen) atoms. The summed E-state index contributed by atoms with van der Waals surface area (Å²) in [6.45, 7) is 5.39. The third kappa shape index (κ3) is 4.75. The summed E-state index contributed by atoms with van der Waals surface area (Å²) in [5, 5.41) is 0. The average Bonchev–Trinajstić information content (AvgIpc) is 1.87. The van der Waals surface area contributed by atoms with Crippen LogP contribution in [0.1, 0.15) is 6.92 Å². The summed E-state index contributed by atoms with van der Waals surface area (Å²) in [5.41, 5.74) is 0. The molecule has 0 aromatic rings. The van der Waals surface area contributed by atoms with Crippen molar-refractivity contribution in [2.24, 2.45) is 0 Å². The maximum Gasteiger partial charge on any atom is 0.395 e. The zero-order valence-corrected chi connectivity index (χ0v) is 8.38. The number of allylic oxidation sites excluding steroid dienone is 1. The van der Waals surface area contributed by atoms with Crippen molar-refractivity contribution >= 4 is 14.5 Å². The largest absolute Gasteiger partial charge is 0.491 e. The SMILES string of the molecule is CC=CC(=O)O[Si](C)(C)OC. The van der Waals surface area contributed by atoms with Crippen LogP contribution in [0, 0.1) is 0 Å². The standard InChI is InChI=1S/C7H14O3Si/c1-5-6-7(8)10-11(3,4)9-2/h5-6H,1-4H3. The maximum atomic E-state index is 10.9. The summed E-state index contributed by atoms with van der Waals surface area (Å²) in [7, 11) is -0.628. The van der Waals surface area contributed by atoms with Crippen molar-refractivity contribution < 1.29 is 13.6 Å². The minimum absolute atomic E-state index is 0.328. The monoisotopic (exact) mass is 174 g/mol. The van der Waals surface area contributed by atoms with E-state index in [0.717, 1.165) is 0 Å². The normalized spacial score (nSPS) is 12.0. The van der Waals surface area contributed by atoms with Crippen molar-refractivity contribution in [1.29, 1.82) is 0 Å². The van der Waals surface area contributed by atoms with Gasteiger partial charge in [-0.3, -0.25) is 0 Å². The lowest BCUT2D eigenvalue weighted by molar-refractivity contribution is -0.130. The summed E-state index contributed by atoms with van der Waals surface area (Å²) in [5.74, 6) is -0.328. The highest BCUT2D eigenvalue weighted by Gasteiger charge is 2.26. The Hall–Kier alpha value is -0.613. The van der Waals surface area contributed by atoms with Crippen LogP contribution in [0.4, 0.5) is 0 Å². The number of hydrogen-bond acceptors (Lipinski definition) is 3. The number of carbonyl (C=O) groups excluding carboxylic acids is 1. The fourth-order valence-electron chi connectivity index (χ4n) is 0.454. The van der Waals surface area contributed by atoms with E-state index >= 15 is 0 Å². The average molecular weight is 174 g/mol. The zero-order valence-electron chi connectivity index (χ0n) is 7.38. The van der Waals surface area contributed by atoms with Crippen molar-refractivity contribution in [3.63, 3.8) is 0 Å². The Morgan fingerprint density at radius 2 is 2.00 bits per heavy atom. The Morgan fingerprint density at radius 1 is 1.45 bits per heavy atom. The van der Waals surface area contributed by atoms with E-state index in [1.54, 1.807) is 20.1 Å². The molecule has 3 nitrogen and oxygen atoms in total. The van der Waals surface area contributed by atoms with Crippen LogP contribution in [0.25, 0.3) is 0 Å². The first-order valence-corrected chi connectivity index (χ1v) is 6.24. The van der Waals surface area contributed by atoms with E-state index in [4.69, 9.17) is 8.85 Å². The maximum absolute atomic E-state index is 10.9. The molecule has 0 aromatic carbocycles. The molecule has 0 unspecified atom stereocenters. The van der Waals surface area contributed by atoms with Crippen LogP contribution >= 0.6 is 0 Å². The van der Waals surface area contributed by atoms with Crippen molar-refractivity contribution in [2.45, 2.75) is 20.0 Å². The molecule has 0 saturated carbocycles. The molecule has 0 fully saturated rings. The predicted octanol–water partition coefficient (Wildman–Crippen LogP) is 1.45. The lowest BCUT2D eigenvalue weighted by Gasteiger charge is -2.18. The molecule has 0 aromatic heterocycles. The third-order valence-corrected chi connectivity index (χ3v) is 2.82. The molecule has 0 amide bonds. The minimum Gasteiger partial charge on any atom is -0.491 e. The van der Waals surface area contributed by atoms with Crippen LogP contribution in [0.2, 0.25) is 13.1 Å². The fourth-order valence-corrected chi connectivity index (χ4v) is 1.09. The summed E-state index contributed by atoms with van der Waals surface area (Å²) in [6.07, 6.45) is 3.02. The van der Waals surface area contributed by atoms with Gasteiger partial charge in [-0.05, 0) is 20.0 Å². The van der Waals surface area contributed by atoms with Gasteiger partial charge in [0, 0.05) is 13.2 Å². The molecule has 0 aliphatic rings. The van der Waals surface area contributed by atoms with Gasteiger partial charge in [0.2, 0.25) is 0 Å². The molecule has 64 valence electrons. The van der Waals surface area contributed by atoms with E-state index in [1.165, 1.54) is 6.08 Å². The molecule has 4 heteroatoms. The molecule has 0 rings (SSSR count). The molecule has 0 atom stereocenters. The van der Waals surface area contributed by atoms with Crippen LogP contribution in [0.3, 0.4) is 0 Å². The van der Waals surface area contributed by atoms with Crippen LogP contribution in [-0.4, -0.2) is 21.6 Å². The van der Waals surface area contributed by atoms with E-state index in [2.05, 4.69) is 0 Å². The van der Waals surface area contributed by atoms with E-state index in [-0.39, 0.29) is 5.97 Å². The van der Waals surface area contributed by atoms with Gasteiger partial charge in [0.05, 0.1) is 0 Å². The van der Waals surface area contributed by atoms with E-state index < -0.39 is 8.56 Å². The van der Waals surface area contributed by atoms with E-state index in [1.807, 2.05) is 13.1 Å². The number of carbonyl (C=O) groups is 1. The molecule has 0 saturated heterocycles. The van der Waals surface area contributed by atoms with Crippen LogP contribution in [0.5, 0.6) is 0 Å². The van der Waals surface area contributed by atoms with Gasteiger partial charge >= 0.3 is 14.5 Å². The molecule has 0 heterocycles. The topological polar surface area (TPSA) is 35.5 Å². The van der Waals surface area contributed by atoms with Gasteiger partial charge in [-0.25, -0.2) is 4.79 Å². The second kappa shape index (κ2) is 4.30. The number of rotatable bonds is 3. The van der Waals surface area contributed by atoms with Gasteiger partial charge in [0.15, 0.2) is 0 Å². The summed E-state index contributed by atoms with van der Waals surface area (Å²) < 4.78 is 10.0. The Morgan fingerprint density at radius 3 is 2.36 bits per heavy atom. The zero-order chi connectivity index (χ0) is 8.91. The van der Waals surface area contributed by atoms with Crippen molar-refractivity contribution in [2.75, 3.05) is 7.11 Å². The molecule has 0 spiro atoms. The van der Waals surface area contributed by atoms with Crippen LogP contribution in [0.15, 0.2) is 12.2 Å². The highest BCUT2D eigenvalue weighted by molar-refractivity contribution is 6.66. The molecular formula is C7H14O3Si. The predicted molar refractivity (Wildman–Crippen MR) is 45.4 cm³/mol. The fraction of sp³-hybridized carbons (Fsp3) is 0.571.